The number of benzene rings is 2. The molecule has 0 spiro atoms. The maximum absolute atomic E-state index is 12.7. The predicted molar refractivity (Wildman–Crippen MR) is 92.9 cm³/mol. The molecular weight excluding hydrogens is 375 g/mol. The van der Waals surface area contributed by atoms with E-state index in [0.717, 1.165) is 10.4 Å². The number of halogens is 2. The van der Waals surface area contributed by atoms with Crippen LogP contribution in [-0.4, -0.2) is 24.7 Å². The SMILES string of the molecule is Cc1c(Cl)cc(S(=O)(=O)N(C)Cc2ccccc2Cl)cc1[N+](=O)[O-]. The van der Waals surface area contributed by atoms with Crippen LogP contribution in [0, 0.1) is 17.0 Å². The van der Waals surface area contributed by atoms with Gasteiger partial charge in [0.25, 0.3) is 5.69 Å². The Balaban J connectivity index is 2.43. The van der Waals surface area contributed by atoms with E-state index >= 15 is 0 Å². The van der Waals surface area contributed by atoms with Crippen molar-refractivity contribution in [1.82, 2.24) is 4.31 Å². The van der Waals surface area contributed by atoms with Crippen molar-refractivity contribution in [3.8, 4) is 0 Å². The Morgan fingerprint density at radius 2 is 1.79 bits per heavy atom. The van der Waals surface area contributed by atoms with Gasteiger partial charge in [-0.1, -0.05) is 41.4 Å². The number of nitrogens with zero attached hydrogens (tertiary/aromatic N) is 2. The number of hydrogen-bond donors (Lipinski definition) is 0. The summed E-state index contributed by atoms with van der Waals surface area (Å²) in [7, 11) is -2.59. The highest BCUT2D eigenvalue weighted by atomic mass is 35.5. The molecule has 0 amide bonds. The second kappa shape index (κ2) is 7.06. The fraction of sp³-hybridized carbons (Fsp3) is 0.200. The first-order valence-corrected chi connectivity index (χ1v) is 8.98. The van der Waals surface area contributed by atoms with Crippen molar-refractivity contribution in [1.29, 1.82) is 0 Å². The minimum Gasteiger partial charge on any atom is -0.258 e. The second-order valence-corrected chi connectivity index (χ2v) is 8.02. The molecule has 2 aromatic rings. The predicted octanol–water partition coefficient (Wildman–Crippen LogP) is 4.03. The first-order chi connectivity index (χ1) is 11.1. The summed E-state index contributed by atoms with van der Waals surface area (Å²) < 4.78 is 26.4. The lowest BCUT2D eigenvalue weighted by Crippen LogP contribution is -2.26. The second-order valence-electron chi connectivity index (χ2n) is 5.16. The normalized spacial score (nSPS) is 11.7. The molecule has 0 aromatic heterocycles. The van der Waals surface area contributed by atoms with E-state index in [4.69, 9.17) is 23.2 Å². The van der Waals surface area contributed by atoms with Crippen molar-refractivity contribution in [2.75, 3.05) is 7.05 Å². The van der Waals surface area contributed by atoms with Crippen LogP contribution in [0.2, 0.25) is 10.0 Å². The highest BCUT2D eigenvalue weighted by Gasteiger charge is 2.26. The Morgan fingerprint density at radius 1 is 1.17 bits per heavy atom. The quantitative estimate of drug-likeness (QED) is 0.571. The number of nitro benzene ring substituents is 1. The Bertz CT molecular complexity index is 900. The molecule has 0 radical (unpaired) electrons. The molecule has 2 rings (SSSR count). The van der Waals surface area contributed by atoms with Crippen molar-refractivity contribution in [2.45, 2.75) is 18.4 Å². The molecule has 9 heteroatoms. The zero-order valence-electron chi connectivity index (χ0n) is 12.9. The maximum Gasteiger partial charge on any atom is 0.275 e. The van der Waals surface area contributed by atoms with Gasteiger partial charge in [-0.3, -0.25) is 10.1 Å². The standard InChI is InChI=1S/C15H14Cl2N2O4S/c1-10-14(17)7-12(8-15(10)19(20)21)24(22,23)18(2)9-11-5-3-4-6-13(11)16/h3-8H,9H2,1-2H3. The lowest BCUT2D eigenvalue weighted by Gasteiger charge is -2.18. The average molecular weight is 389 g/mol. The molecule has 0 N–H and O–H groups in total. The van der Waals surface area contributed by atoms with E-state index < -0.39 is 14.9 Å². The Hall–Kier alpha value is -1.67. The van der Waals surface area contributed by atoms with Crippen LogP contribution in [0.5, 0.6) is 0 Å². The zero-order chi connectivity index (χ0) is 18.1. The van der Waals surface area contributed by atoms with Gasteiger partial charge in [0.1, 0.15) is 0 Å². The number of rotatable bonds is 5. The molecule has 0 saturated carbocycles. The van der Waals surface area contributed by atoms with E-state index in [-0.39, 0.29) is 27.7 Å². The molecule has 24 heavy (non-hydrogen) atoms. The Kier molecular flexibility index (Phi) is 5.49. The van der Waals surface area contributed by atoms with Gasteiger partial charge in [-0.15, -0.1) is 0 Å². The van der Waals surface area contributed by atoms with E-state index in [1.54, 1.807) is 24.3 Å². The maximum atomic E-state index is 12.7. The van der Waals surface area contributed by atoms with Crippen LogP contribution in [-0.2, 0) is 16.6 Å². The van der Waals surface area contributed by atoms with Gasteiger partial charge in [0, 0.05) is 30.2 Å². The number of hydrogen-bond acceptors (Lipinski definition) is 4. The summed E-state index contributed by atoms with van der Waals surface area (Å²) in [5.74, 6) is 0. The largest absolute Gasteiger partial charge is 0.275 e. The first kappa shape index (κ1) is 18.7. The summed E-state index contributed by atoms with van der Waals surface area (Å²) in [5, 5.41) is 11.5. The summed E-state index contributed by atoms with van der Waals surface area (Å²) in [6.45, 7) is 1.49. The Morgan fingerprint density at radius 3 is 2.38 bits per heavy atom. The molecule has 0 unspecified atom stereocenters. The van der Waals surface area contributed by atoms with Crippen LogP contribution in [0.3, 0.4) is 0 Å². The van der Waals surface area contributed by atoms with Crippen molar-refractivity contribution in [2.24, 2.45) is 0 Å². The molecule has 0 aliphatic rings. The first-order valence-electron chi connectivity index (χ1n) is 6.79. The van der Waals surface area contributed by atoms with Crippen molar-refractivity contribution < 1.29 is 13.3 Å². The van der Waals surface area contributed by atoms with Gasteiger partial charge in [-0.05, 0) is 24.6 Å². The molecule has 0 bridgehead atoms. The third-order valence-corrected chi connectivity index (χ3v) is 6.09. The minimum atomic E-state index is -3.96. The minimum absolute atomic E-state index is 0.0221. The smallest absolute Gasteiger partial charge is 0.258 e. The van der Waals surface area contributed by atoms with Crippen LogP contribution in [0.25, 0.3) is 0 Å². The van der Waals surface area contributed by atoms with Crippen LogP contribution >= 0.6 is 23.2 Å². The molecule has 6 nitrogen and oxygen atoms in total. The van der Waals surface area contributed by atoms with Gasteiger partial charge in [0.2, 0.25) is 10.0 Å². The van der Waals surface area contributed by atoms with Gasteiger partial charge < -0.3 is 0 Å². The highest BCUT2D eigenvalue weighted by molar-refractivity contribution is 7.89. The third-order valence-electron chi connectivity index (χ3n) is 3.55. The molecule has 0 aliphatic heterocycles. The average Bonchev–Trinajstić information content (AvgIpc) is 2.51. The van der Waals surface area contributed by atoms with Gasteiger partial charge in [-0.25, -0.2) is 8.42 Å². The lowest BCUT2D eigenvalue weighted by molar-refractivity contribution is -0.385. The summed E-state index contributed by atoms with van der Waals surface area (Å²) in [5.41, 5.74) is 0.500. The molecule has 0 heterocycles. The van der Waals surface area contributed by atoms with Crippen LogP contribution in [0.4, 0.5) is 5.69 Å². The van der Waals surface area contributed by atoms with Gasteiger partial charge in [-0.2, -0.15) is 4.31 Å². The molecule has 0 aliphatic carbocycles. The van der Waals surface area contributed by atoms with Gasteiger partial charge >= 0.3 is 0 Å². The lowest BCUT2D eigenvalue weighted by atomic mass is 10.2. The van der Waals surface area contributed by atoms with Crippen molar-refractivity contribution in [3.05, 3.63) is 67.7 Å². The summed E-state index contributed by atoms with van der Waals surface area (Å²) in [6.07, 6.45) is 0. The fourth-order valence-electron chi connectivity index (χ4n) is 2.11. The molecule has 0 saturated heterocycles. The monoisotopic (exact) mass is 388 g/mol. The number of sulfonamides is 1. The highest BCUT2D eigenvalue weighted by Crippen LogP contribution is 2.31. The van der Waals surface area contributed by atoms with E-state index in [1.807, 2.05) is 0 Å². The number of nitro groups is 1. The van der Waals surface area contributed by atoms with E-state index in [9.17, 15) is 18.5 Å². The van der Waals surface area contributed by atoms with Crippen LogP contribution in [0.1, 0.15) is 11.1 Å². The topological polar surface area (TPSA) is 80.5 Å². The summed E-state index contributed by atoms with van der Waals surface area (Å²) in [6, 6.07) is 9.07. The Labute approximate surface area is 149 Å². The van der Waals surface area contributed by atoms with Crippen molar-refractivity contribution in [3.63, 3.8) is 0 Å². The molecule has 0 atom stereocenters. The summed E-state index contributed by atoms with van der Waals surface area (Å²) >= 11 is 12.0. The van der Waals surface area contributed by atoms with E-state index in [2.05, 4.69) is 0 Å². The van der Waals surface area contributed by atoms with Gasteiger partial charge in [0.05, 0.1) is 14.8 Å². The zero-order valence-corrected chi connectivity index (χ0v) is 15.2. The molecule has 2 aromatic carbocycles. The van der Waals surface area contributed by atoms with Crippen LogP contribution < -0.4 is 0 Å². The molecule has 128 valence electrons. The molecular formula is C15H14Cl2N2O4S. The van der Waals surface area contributed by atoms with E-state index in [0.29, 0.717) is 10.6 Å². The fourth-order valence-corrected chi connectivity index (χ4v) is 3.78. The summed E-state index contributed by atoms with van der Waals surface area (Å²) in [4.78, 5) is 10.2. The third kappa shape index (κ3) is 3.70. The van der Waals surface area contributed by atoms with Gasteiger partial charge in [0.15, 0.2) is 0 Å². The molecule has 0 fully saturated rings. The van der Waals surface area contributed by atoms with Crippen molar-refractivity contribution >= 4 is 38.9 Å². The van der Waals surface area contributed by atoms with Crippen LogP contribution in [0.15, 0.2) is 41.3 Å². The van der Waals surface area contributed by atoms with E-state index in [1.165, 1.54) is 20.0 Å².